The summed E-state index contributed by atoms with van der Waals surface area (Å²) in [5.74, 6) is 0.180. The van der Waals surface area contributed by atoms with E-state index in [1.54, 1.807) is 18.2 Å². The minimum atomic E-state index is -0.649. The highest BCUT2D eigenvalue weighted by atomic mass is 16.3. The molecule has 0 fully saturated rings. The van der Waals surface area contributed by atoms with E-state index in [0.29, 0.717) is 17.7 Å². The van der Waals surface area contributed by atoms with Gasteiger partial charge in [0, 0.05) is 17.5 Å². The number of nitrogens with zero attached hydrogens (tertiary/aromatic N) is 2. The molecule has 0 saturated carbocycles. The van der Waals surface area contributed by atoms with E-state index in [0.717, 1.165) is 16.7 Å². The van der Waals surface area contributed by atoms with E-state index < -0.39 is 5.56 Å². The van der Waals surface area contributed by atoms with Crippen molar-refractivity contribution in [2.24, 2.45) is 4.99 Å². The molecular formula is C20H13N3O3. The third kappa shape index (κ3) is 2.43. The highest BCUT2D eigenvalue weighted by Gasteiger charge is 2.24. The molecule has 0 bridgehead atoms. The average molecular weight is 343 g/mol. The van der Waals surface area contributed by atoms with Crippen LogP contribution in [0.3, 0.4) is 0 Å². The van der Waals surface area contributed by atoms with Gasteiger partial charge in [-0.3, -0.25) is 4.79 Å². The molecule has 0 unspecified atom stereocenters. The number of pyridine rings is 1. The summed E-state index contributed by atoms with van der Waals surface area (Å²) in [4.78, 5) is 18.7. The van der Waals surface area contributed by atoms with Crippen LogP contribution in [0.5, 0.6) is 11.5 Å². The lowest BCUT2D eigenvalue weighted by atomic mass is 9.99. The van der Waals surface area contributed by atoms with Gasteiger partial charge < -0.3 is 15.2 Å². The van der Waals surface area contributed by atoms with E-state index in [2.05, 4.69) is 9.98 Å². The largest absolute Gasteiger partial charge is 0.507 e. The fraction of sp³-hybridized carbons (Fsp3) is 0.0500. The van der Waals surface area contributed by atoms with E-state index >= 15 is 0 Å². The molecule has 1 aliphatic rings. The molecule has 2 heterocycles. The van der Waals surface area contributed by atoms with Crippen molar-refractivity contribution in [1.29, 1.82) is 5.26 Å². The van der Waals surface area contributed by atoms with Crippen LogP contribution in [0.15, 0.2) is 58.3 Å². The molecule has 126 valence electrons. The normalized spacial score (nSPS) is 12.3. The molecule has 0 saturated heterocycles. The molecule has 1 aliphatic heterocycles. The number of aliphatic imine (C=N–C) groups is 1. The second-order valence-corrected chi connectivity index (χ2v) is 5.95. The summed E-state index contributed by atoms with van der Waals surface area (Å²) >= 11 is 0. The lowest BCUT2D eigenvalue weighted by Crippen LogP contribution is -2.10. The van der Waals surface area contributed by atoms with Crippen molar-refractivity contribution in [3.8, 4) is 28.7 Å². The number of phenols is 1. The number of aromatic nitrogens is 1. The lowest BCUT2D eigenvalue weighted by molar-refractivity contribution is 0.467. The van der Waals surface area contributed by atoms with Crippen LogP contribution in [0.4, 0.5) is 5.82 Å². The Kier molecular flexibility index (Phi) is 3.55. The van der Waals surface area contributed by atoms with Gasteiger partial charge in [0.25, 0.3) is 5.56 Å². The molecule has 3 N–H and O–H groups in total. The first-order valence-corrected chi connectivity index (χ1v) is 7.93. The van der Waals surface area contributed by atoms with Crippen molar-refractivity contribution < 1.29 is 10.2 Å². The Bertz CT molecular complexity index is 1150. The van der Waals surface area contributed by atoms with Crippen molar-refractivity contribution in [2.75, 3.05) is 0 Å². The smallest absolute Gasteiger partial charge is 0.271 e. The molecule has 1 aromatic heterocycles. The number of benzene rings is 2. The summed E-state index contributed by atoms with van der Waals surface area (Å²) in [5, 5.41) is 29.1. The zero-order valence-electron chi connectivity index (χ0n) is 13.5. The third-order valence-electron chi connectivity index (χ3n) is 4.40. The van der Waals surface area contributed by atoms with E-state index in [1.165, 1.54) is 0 Å². The lowest BCUT2D eigenvalue weighted by Gasteiger charge is -2.06. The summed E-state index contributed by atoms with van der Waals surface area (Å²) in [5.41, 5.74) is 2.62. The predicted octanol–water partition coefficient (Wildman–Crippen LogP) is 3.00. The molecule has 4 rings (SSSR count). The van der Waals surface area contributed by atoms with Gasteiger partial charge in [0.05, 0.1) is 5.71 Å². The van der Waals surface area contributed by atoms with Gasteiger partial charge in [-0.25, -0.2) is 4.99 Å². The topological polar surface area (TPSA) is 109 Å². The van der Waals surface area contributed by atoms with Gasteiger partial charge in [0.15, 0.2) is 5.56 Å². The number of hydrogen-bond donors (Lipinski definition) is 3. The van der Waals surface area contributed by atoms with Crippen molar-refractivity contribution in [2.45, 2.75) is 6.42 Å². The van der Waals surface area contributed by atoms with Crippen LogP contribution >= 0.6 is 0 Å². The van der Waals surface area contributed by atoms with Crippen LogP contribution in [0.25, 0.3) is 11.1 Å². The minimum Gasteiger partial charge on any atom is -0.507 e. The highest BCUT2D eigenvalue weighted by Crippen LogP contribution is 2.34. The number of nitriles is 1. The minimum absolute atomic E-state index is 0.206. The number of hydrogen-bond acceptors (Lipinski definition) is 5. The zero-order valence-corrected chi connectivity index (χ0v) is 13.5. The number of fused-ring (bicyclic) bond motifs is 1. The molecule has 2 aromatic carbocycles. The SMILES string of the molecule is N#Cc1c(O)c2c([nH]c1=O)N=C(c1ccc(-c3ccccc3O)cc1)C2. The summed E-state index contributed by atoms with van der Waals surface area (Å²) in [6.07, 6.45) is 0.322. The van der Waals surface area contributed by atoms with Crippen LogP contribution in [0.1, 0.15) is 16.7 Å². The van der Waals surface area contributed by atoms with Crippen molar-refractivity contribution in [3.05, 3.63) is 75.6 Å². The van der Waals surface area contributed by atoms with Crippen molar-refractivity contribution in [1.82, 2.24) is 4.98 Å². The second kappa shape index (κ2) is 5.90. The average Bonchev–Trinajstić information content (AvgIpc) is 3.07. The third-order valence-corrected chi connectivity index (χ3v) is 4.40. The molecule has 0 amide bonds. The Labute approximate surface area is 148 Å². The van der Waals surface area contributed by atoms with E-state index in [-0.39, 0.29) is 22.9 Å². The molecule has 0 spiro atoms. The van der Waals surface area contributed by atoms with Gasteiger partial charge in [-0.2, -0.15) is 5.26 Å². The Morgan fingerprint density at radius 1 is 1.04 bits per heavy atom. The highest BCUT2D eigenvalue weighted by molar-refractivity contribution is 6.06. The van der Waals surface area contributed by atoms with E-state index in [9.17, 15) is 15.0 Å². The number of aromatic amines is 1. The maximum atomic E-state index is 11.8. The fourth-order valence-electron chi connectivity index (χ4n) is 3.05. The number of H-pyrrole nitrogens is 1. The molecular weight excluding hydrogens is 330 g/mol. The van der Waals surface area contributed by atoms with E-state index in [4.69, 9.17) is 5.26 Å². The molecule has 6 nitrogen and oxygen atoms in total. The Balaban J connectivity index is 1.69. The van der Waals surface area contributed by atoms with Crippen LogP contribution in [-0.4, -0.2) is 20.9 Å². The summed E-state index contributed by atoms with van der Waals surface area (Å²) in [7, 11) is 0. The first-order valence-electron chi connectivity index (χ1n) is 7.93. The van der Waals surface area contributed by atoms with Crippen molar-refractivity contribution in [3.63, 3.8) is 0 Å². The summed E-state index contributed by atoms with van der Waals surface area (Å²) < 4.78 is 0. The Hall–Kier alpha value is -3.85. The summed E-state index contributed by atoms with van der Waals surface area (Å²) in [6, 6.07) is 16.3. The van der Waals surface area contributed by atoms with Crippen LogP contribution < -0.4 is 5.56 Å². The quantitative estimate of drug-likeness (QED) is 0.664. The first-order chi connectivity index (χ1) is 12.6. The Morgan fingerprint density at radius 2 is 1.73 bits per heavy atom. The molecule has 3 aromatic rings. The number of para-hydroxylation sites is 1. The van der Waals surface area contributed by atoms with Gasteiger partial charge >= 0.3 is 0 Å². The van der Waals surface area contributed by atoms with Gasteiger partial charge in [0.2, 0.25) is 0 Å². The number of rotatable bonds is 2. The molecule has 26 heavy (non-hydrogen) atoms. The van der Waals surface area contributed by atoms with Gasteiger partial charge in [-0.1, -0.05) is 42.5 Å². The van der Waals surface area contributed by atoms with Gasteiger partial charge in [-0.15, -0.1) is 0 Å². The maximum Gasteiger partial charge on any atom is 0.271 e. The van der Waals surface area contributed by atoms with Crippen LogP contribution in [0.2, 0.25) is 0 Å². The predicted molar refractivity (Wildman–Crippen MR) is 96.9 cm³/mol. The molecule has 0 atom stereocenters. The van der Waals surface area contributed by atoms with Crippen LogP contribution in [-0.2, 0) is 6.42 Å². The van der Waals surface area contributed by atoms with Gasteiger partial charge in [-0.05, 0) is 17.2 Å². The van der Waals surface area contributed by atoms with Gasteiger partial charge in [0.1, 0.15) is 23.4 Å². The number of phenolic OH excluding ortho intramolecular Hbond substituents is 1. The first kappa shape index (κ1) is 15.7. The fourth-order valence-corrected chi connectivity index (χ4v) is 3.05. The standard InChI is InChI=1S/C20H13N3O3/c21-10-15-18(25)14-9-16(22-19(14)23-20(15)26)12-7-5-11(6-8-12)13-3-1-2-4-17(13)24/h1-8,24H,9H2,(H2,23,25,26). The second-order valence-electron chi connectivity index (χ2n) is 5.95. The van der Waals surface area contributed by atoms with E-state index in [1.807, 2.05) is 36.4 Å². The maximum absolute atomic E-state index is 11.8. The molecule has 6 heteroatoms. The van der Waals surface area contributed by atoms with Crippen molar-refractivity contribution >= 4 is 11.5 Å². The Morgan fingerprint density at radius 3 is 2.42 bits per heavy atom. The van der Waals surface area contributed by atoms with Crippen LogP contribution in [0, 0.1) is 11.3 Å². The summed E-state index contributed by atoms with van der Waals surface area (Å²) in [6.45, 7) is 0. The molecule has 0 radical (unpaired) electrons. The monoisotopic (exact) mass is 343 g/mol. The molecule has 0 aliphatic carbocycles. The zero-order chi connectivity index (χ0) is 18.3. The number of nitrogens with one attached hydrogen (secondary N) is 1. The number of aromatic hydroxyl groups is 2.